The maximum absolute atomic E-state index is 15.3. The van der Waals surface area contributed by atoms with Gasteiger partial charge in [-0.25, -0.2) is 4.79 Å². The van der Waals surface area contributed by atoms with Gasteiger partial charge >= 0.3 is 6.03 Å². The summed E-state index contributed by atoms with van der Waals surface area (Å²) in [6.07, 6.45) is 15.7. The van der Waals surface area contributed by atoms with Crippen molar-refractivity contribution < 1.29 is 19.8 Å². The van der Waals surface area contributed by atoms with Crippen LogP contribution in [0.25, 0.3) is 11.1 Å². The number of carbonyl (C=O) groups is 2. The van der Waals surface area contributed by atoms with E-state index in [1.165, 1.54) is 12.8 Å². The molecule has 9 aliphatic rings. The Morgan fingerprint density at radius 3 is 2.12 bits per heavy atom. The van der Waals surface area contributed by atoms with Gasteiger partial charge in [-0.1, -0.05) is 119 Å². The number of ketones is 1. The molecule has 11 atom stereocenters. The highest BCUT2D eigenvalue weighted by molar-refractivity contribution is 6.10. The highest BCUT2D eigenvalue weighted by atomic mass is 16.3. The Morgan fingerprint density at radius 2 is 1.41 bits per heavy atom. The fraction of sp³-hybridized carbons (Fsp3) is 0.538. The third-order valence-electron chi connectivity index (χ3n) is 18.4. The van der Waals surface area contributed by atoms with Gasteiger partial charge in [0, 0.05) is 39.6 Å². The number of aliphatic hydroxyl groups is 2. The summed E-state index contributed by atoms with van der Waals surface area (Å²) >= 11 is 0. The van der Waals surface area contributed by atoms with E-state index in [-0.39, 0.29) is 41.0 Å². The minimum absolute atomic E-state index is 0.0146. The smallest absolute Gasteiger partial charge is 0.321 e. The van der Waals surface area contributed by atoms with Crippen LogP contribution in [0.15, 0.2) is 109 Å². The molecular formula is C52H62N2O4. The van der Waals surface area contributed by atoms with Crippen molar-refractivity contribution in [2.24, 2.45) is 56.7 Å². The molecule has 6 saturated carbocycles. The third kappa shape index (κ3) is 5.35. The molecule has 0 heterocycles. The Labute approximate surface area is 345 Å². The Bertz CT molecular complexity index is 2160. The van der Waals surface area contributed by atoms with E-state index in [1.54, 1.807) is 0 Å². The maximum Gasteiger partial charge on any atom is 0.321 e. The zero-order valence-corrected chi connectivity index (χ0v) is 34.9. The van der Waals surface area contributed by atoms with E-state index in [0.29, 0.717) is 36.8 Å². The summed E-state index contributed by atoms with van der Waals surface area (Å²) in [6, 6.07) is 28.0. The molecule has 1 unspecified atom stereocenters. The second-order valence-corrected chi connectivity index (χ2v) is 21.0. The molecule has 6 fully saturated rings. The summed E-state index contributed by atoms with van der Waals surface area (Å²) in [5, 5.41) is 27.8. The number of benzene rings is 3. The second-order valence-electron chi connectivity index (χ2n) is 21.0. The fourth-order valence-corrected chi connectivity index (χ4v) is 14.9. The number of anilines is 1. The van der Waals surface area contributed by atoms with Crippen LogP contribution in [-0.4, -0.2) is 51.7 Å². The molecule has 3 aromatic rings. The summed E-state index contributed by atoms with van der Waals surface area (Å²) in [6.45, 7) is 10.5. The molecule has 2 spiro atoms. The lowest BCUT2D eigenvalue weighted by Gasteiger charge is -2.71. The molecule has 0 aliphatic heterocycles. The zero-order chi connectivity index (χ0) is 40.3. The largest absolute Gasteiger partial charge is 0.393 e. The minimum Gasteiger partial charge on any atom is -0.393 e. The number of amides is 2. The monoisotopic (exact) mass is 778 g/mol. The summed E-state index contributed by atoms with van der Waals surface area (Å²) in [7, 11) is 0. The highest BCUT2D eigenvalue weighted by Gasteiger charge is 2.74. The summed E-state index contributed by atoms with van der Waals surface area (Å²) in [5.74, 6) is 2.04. The molecule has 0 aromatic heterocycles. The molecule has 0 radical (unpaired) electrons. The SMILES string of the molecule is CC1(C)[C@H]2CC[C@@H](CN(C[C@]3(O)CC[C@H]4[C@]56C=C[C@@]7(C=C5C(=O)c5ccc(-c8ccccc8)cc5)CC(O)CC[C@]7(C)[C@H]6CC[C@@]43C)C(=O)Nc3ccccc3)[C@@H]1C2. The van der Waals surface area contributed by atoms with Crippen molar-refractivity contribution in [3.63, 3.8) is 0 Å². The topological polar surface area (TPSA) is 89.9 Å². The fourth-order valence-electron chi connectivity index (χ4n) is 14.9. The molecule has 6 heteroatoms. The van der Waals surface area contributed by atoms with Crippen LogP contribution in [-0.2, 0) is 0 Å². The first-order valence-electron chi connectivity index (χ1n) is 22.4. The molecular weight excluding hydrogens is 717 g/mol. The highest BCUT2D eigenvalue weighted by Crippen LogP contribution is 2.78. The number of aliphatic hydroxyl groups excluding tert-OH is 1. The average molecular weight is 779 g/mol. The maximum atomic E-state index is 15.3. The van der Waals surface area contributed by atoms with E-state index >= 15 is 4.79 Å². The van der Waals surface area contributed by atoms with E-state index < -0.39 is 27.9 Å². The van der Waals surface area contributed by atoms with Gasteiger partial charge in [-0.2, -0.15) is 0 Å². The summed E-state index contributed by atoms with van der Waals surface area (Å²) < 4.78 is 0. The number of nitrogens with zero attached hydrogens (tertiary/aromatic N) is 1. The number of fused-ring (bicyclic) bond motifs is 3. The average Bonchev–Trinajstić information content (AvgIpc) is 3.50. The lowest BCUT2D eigenvalue weighted by molar-refractivity contribution is -0.176. The lowest BCUT2D eigenvalue weighted by atomic mass is 9.32. The Hall–Kier alpha value is -4.00. The van der Waals surface area contributed by atoms with Gasteiger partial charge in [0.15, 0.2) is 5.78 Å². The van der Waals surface area contributed by atoms with Gasteiger partial charge in [-0.05, 0) is 128 Å². The number of Topliss-reactive ketones (excluding diaryl/α,β-unsaturated/α-hetero) is 1. The van der Waals surface area contributed by atoms with E-state index in [1.807, 2.05) is 65.6 Å². The number of nitrogens with one attached hydrogen (secondary N) is 1. The van der Waals surface area contributed by atoms with Crippen LogP contribution < -0.4 is 5.32 Å². The van der Waals surface area contributed by atoms with Gasteiger partial charge in [0.2, 0.25) is 0 Å². The van der Waals surface area contributed by atoms with E-state index in [9.17, 15) is 15.0 Å². The zero-order valence-electron chi connectivity index (χ0n) is 34.9. The van der Waals surface area contributed by atoms with Crippen molar-refractivity contribution in [3.05, 3.63) is 114 Å². The number of rotatable bonds is 8. The van der Waals surface area contributed by atoms with Crippen LogP contribution in [0.3, 0.4) is 0 Å². The molecule has 0 saturated heterocycles. The standard InChI is InChI=1S/C52H62N2O4/c1-47(2)38-20-19-37(41(47)29-38)32-54(46(57)53-39-13-9-6-10-14-39)33-51(58)26-23-44-49(51,4)25-22-43-48(3)24-21-40(55)30-50(48)27-28-52(43,44)42(31-50)45(56)36-17-15-35(16-18-36)34-11-7-5-8-12-34/h5-18,27-28,31,37-38,40-41,43-44,55,58H,19-26,29-30,32-33H2,1-4H3,(H,53,57)/t37-,38-,40?,41-,43+,44+,48+,49-,50-,51+,52+/m0/s1. The van der Waals surface area contributed by atoms with Gasteiger partial charge in [-0.3, -0.25) is 4.79 Å². The number of hydrogen-bond acceptors (Lipinski definition) is 4. The van der Waals surface area contributed by atoms with Crippen molar-refractivity contribution in [1.29, 1.82) is 0 Å². The normalized spacial score (nSPS) is 40.0. The van der Waals surface area contributed by atoms with Crippen LogP contribution in [0.1, 0.15) is 102 Å². The molecule has 304 valence electrons. The molecule has 3 N–H and O–H groups in total. The number of hydrogen-bond donors (Lipinski definition) is 3. The van der Waals surface area contributed by atoms with Crippen LogP contribution in [0.4, 0.5) is 10.5 Å². The van der Waals surface area contributed by atoms with Crippen molar-refractivity contribution in [3.8, 4) is 11.1 Å². The van der Waals surface area contributed by atoms with Crippen molar-refractivity contribution in [2.75, 3.05) is 18.4 Å². The van der Waals surface area contributed by atoms with Crippen LogP contribution in [0.2, 0.25) is 0 Å². The van der Waals surface area contributed by atoms with Gasteiger partial charge in [0.05, 0.1) is 18.2 Å². The summed E-state index contributed by atoms with van der Waals surface area (Å²) in [5.41, 5.74) is 2.07. The number of para-hydroxylation sites is 1. The van der Waals surface area contributed by atoms with E-state index in [0.717, 1.165) is 66.8 Å². The number of urea groups is 1. The van der Waals surface area contributed by atoms with E-state index in [2.05, 4.69) is 75.5 Å². The van der Waals surface area contributed by atoms with Crippen molar-refractivity contribution in [2.45, 2.75) is 104 Å². The van der Waals surface area contributed by atoms with Crippen LogP contribution in [0.5, 0.6) is 0 Å². The lowest BCUT2D eigenvalue weighted by Crippen LogP contribution is -2.67. The van der Waals surface area contributed by atoms with Crippen molar-refractivity contribution >= 4 is 17.5 Å². The molecule has 4 bridgehead atoms. The third-order valence-corrected chi connectivity index (χ3v) is 18.4. The quantitative estimate of drug-likeness (QED) is 0.157. The minimum atomic E-state index is -1.13. The number of carbonyl (C=O) groups excluding carboxylic acids is 2. The predicted molar refractivity (Wildman–Crippen MR) is 230 cm³/mol. The first-order valence-corrected chi connectivity index (χ1v) is 22.4. The predicted octanol–water partition coefficient (Wildman–Crippen LogP) is 10.7. The second kappa shape index (κ2) is 13.2. The Morgan fingerprint density at radius 1 is 0.759 bits per heavy atom. The van der Waals surface area contributed by atoms with Gasteiger partial charge in [0.25, 0.3) is 0 Å². The van der Waals surface area contributed by atoms with Gasteiger partial charge < -0.3 is 20.4 Å². The first kappa shape index (κ1) is 38.2. The molecule has 58 heavy (non-hydrogen) atoms. The van der Waals surface area contributed by atoms with Crippen LogP contribution >= 0.6 is 0 Å². The Balaban J connectivity index is 1.02. The molecule has 12 rings (SSSR count). The summed E-state index contributed by atoms with van der Waals surface area (Å²) in [4.78, 5) is 31.7. The van der Waals surface area contributed by atoms with E-state index in [4.69, 9.17) is 0 Å². The van der Waals surface area contributed by atoms with Gasteiger partial charge in [0.1, 0.15) is 0 Å². The molecule has 6 nitrogen and oxygen atoms in total. The molecule has 3 aromatic carbocycles. The van der Waals surface area contributed by atoms with Gasteiger partial charge in [-0.15, -0.1) is 0 Å². The molecule has 9 aliphatic carbocycles. The first-order chi connectivity index (χ1) is 27.7. The Kier molecular flexibility index (Phi) is 8.73. The van der Waals surface area contributed by atoms with Crippen molar-refractivity contribution in [1.82, 2.24) is 4.90 Å². The van der Waals surface area contributed by atoms with Crippen LogP contribution in [0, 0.1) is 56.7 Å². The molecule has 2 amide bonds. The number of allylic oxidation sites excluding steroid dienone is 4.